The van der Waals surface area contributed by atoms with Crippen LogP contribution < -0.4 is 5.73 Å². The summed E-state index contributed by atoms with van der Waals surface area (Å²) < 4.78 is 33.3. The molecule has 0 aromatic rings. The fourth-order valence-electron chi connectivity index (χ4n) is 11.8. The molecule has 91 heavy (non-hydrogen) atoms. The minimum absolute atomic E-state index is 0.0534. The van der Waals surface area contributed by atoms with Crippen LogP contribution in [0.15, 0.2) is 72.9 Å². The van der Waals surface area contributed by atoms with Crippen molar-refractivity contribution in [2.45, 2.75) is 405 Å². The van der Waals surface area contributed by atoms with Gasteiger partial charge in [0.25, 0.3) is 0 Å². The molecule has 3 N–H and O–H groups in total. The molecule has 10 heteroatoms. The molecular formula is C81H150NO8P. The van der Waals surface area contributed by atoms with E-state index < -0.39 is 26.5 Å². The fourth-order valence-corrected chi connectivity index (χ4v) is 12.6. The van der Waals surface area contributed by atoms with E-state index in [0.29, 0.717) is 6.42 Å². The minimum atomic E-state index is -4.40. The Balaban J connectivity index is 3.78. The second-order valence-corrected chi connectivity index (χ2v) is 28.0. The monoisotopic (exact) mass is 1300 g/mol. The number of phosphoric acid groups is 1. The van der Waals surface area contributed by atoms with Crippen molar-refractivity contribution in [3.05, 3.63) is 72.9 Å². The van der Waals surface area contributed by atoms with Gasteiger partial charge in [-0.05, 0) is 64.2 Å². The number of nitrogens with two attached hydrogens (primary N) is 1. The molecule has 532 valence electrons. The van der Waals surface area contributed by atoms with Crippen LogP contribution in [0.5, 0.6) is 0 Å². The van der Waals surface area contributed by atoms with Gasteiger partial charge in [0.05, 0.1) is 13.2 Å². The number of esters is 2. The Morgan fingerprint density at radius 2 is 0.604 bits per heavy atom. The number of ether oxygens (including phenoxy) is 2. The predicted octanol–water partition coefficient (Wildman–Crippen LogP) is 26.3. The number of carbonyl (C=O) groups excluding carboxylic acids is 2. The minimum Gasteiger partial charge on any atom is -0.462 e. The van der Waals surface area contributed by atoms with Crippen LogP contribution in [0.2, 0.25) is 0 Å². The van der Waals surface area contributed by atoms with Gasteiger partial charge in [0.2, 0.25) is 0 Å². The van der Waals surface area contributed by atoms with Crippen molar-refractivity contribution in [2.75, 3.05) is 26.4 Å². The fraction of sp³-hybridized carbons (Fsp3) is 0.827. The lowest BCUT2D eigenvalue weighted by molar-refractivity contribution is -0.161. The van der Waals surface area contributed by atoms with Gasteiger partial charge in [-0.3, -0.25) is 18.6 Å². The normalized spacial score (nSPS) is 13.2. The second-order valence-electron chi connectivity index (χ2n) is 26.6. The lowest BCUT2D eigenvalue weighted by atomic mass is 10.0. The molecule has 0 aliphatic rings. The zero-order valence-electron chi connectivity index (χ0n) is 60.1. The third-order valence-corrected chi connectivity index (χ3v) is 18.6. The first-order valence-electron chi connectivity index (χ1n) is 39.4. The number of hydrogen-bond acceptors (Lipinski definition) is 8. The van der Waals surface area contributed by atoms with Crippen molar-refractivity contribution < 1.29 is 37.6 Å². The molecule has 0 rings (SSSR count). The summed E-state index contributed by atoms with van der Waals surface area (Å²) in [4.78, 5) is 35.4. The number of carbonyl (C=O) groups is 2. The average molecular weight is 1300 g/mol. The van der Waals surface area contributed by atoms with Gasteiger partial charge in [0, 0.05) is 19.4 Å². The third kappa shape index (κ3) is 76.4. The van der Waals surface area contributed by atoms with E-state index >= 15 is 0 Å². The molecular weight excluding hydrogens is 1150 g/mol. The van der Waals surface area contributed by atoms with E-state index in [0.717, 1.165) is 77.0 Å². The predicted molar refractivity (Wildman–Crippen MR) is 395 cm³/mol. The first-order chi connectivity index (χ1) is 44.8. The third-order valence-electron chi connectivity index (χ3n) is 17.6. The largest absolute Gasteiger partial charge is 0.472 e. The molecule has 0 bridgehead atoms. The van der Waals surface area contributed by atoms with E-state index in [1.165, 1.54) is 289 Å². The van der Waals surface area contributed by atoms with Crippen molar-refractivity contribution in [3.8, 4) is 0 Å². The smallest absolute Gasteiger partial charge is 0.462 e. The zero-order valence-corrected chi connectivity index (χ0v) is 61.0. The van der Waals surface area contributed by atoms with Crippen molar-refractivity contribution in [1.82, 2.24) is 0 Å². The first kappa shape index (κ1) is 88.5. The Labute approximate surface area is 564 Å². The number of rotatable bonds is 75. The van der Waals surface area contributed by atoms with Crippen LogP contribution >= 0.6 is 7.82 Å². The van der Waals surface area contributed by atoms with Crippen LogP contribution in [-0.2, 0) is 32.7 Å². The molecule has 2 unspecified atom stereocenters. The Bertz CT molecular complexity index is 1720. The van der Waals surface area contributed by atoms with Gasteiger partial charge < -0.3 is 20.1 Å². The van der Waals surface area contributed by atoms with E-state index in [4.69, 9.17) is 24.3 Å². The summed E-state index contributed by atoms with van der Waals surface area (Å²) in [7, 11) is -4.40. The molecule has 0 fully saturated rings. The Hall–Kier alpha value is -2.55. The van der Waals surface area contributed by atoms with Crippen LogP contribution in [-0.4, -0.2) is 49.3 Å². The summed E-state index contributed by atoms with van der Waals surface area (Å²) in [6.07, 6.45) is 102. The Morgan fingerprint density at radius 1 is 0.341 bits per heavy atom. The van der Waals surface area contributed by atoms with Crippen molar-refractivity contribution >= 4 is 19.8 Å². The maximum absolute atomic E-state index is 12.8. The van der Waals surface area contributed by atoms with E-state index in [1.54, 1.807) is 0 Å². The number of phosphoric ester groups is 1. The molecule has 0 radical (unpaired) electrons. The maximum Gasteiger partial charge on any atom is 0.472 e. The van der Waals surface area contributed by atoms with E-state index in [9.17, 15) is 19.0 Å². The maximum atomic E-state index is 12.8. The highest BCUT2D eigenvalue weighted by atomic mass is 31.2. The molecule has 0 saturated heterocycles. The Kier molecular flexibility index (Phi) is 74.3. The zero-order chi connectivity index (χ0) is 65.8. The van der Waals surface area contributed by atoms with Crippen molar-refractivity contribution in [3.63, 3.8) is 0 Å². The van der Waals surface area contributed by atoms with Crippen molar-refractivity contribution in [1.29, 1.82) is 0 Å². The molecule has 0 heterocycles. The van der Waals surface area contributed by atoms with Gasteiger partial charge in [-0.1, -0.05) is 395 Å². The number of allylic oxidation sites excluding steroid dienone is 12. The van der Waals surface area contributed by atoms with E-state index in [1.807, 2.05) is 0 Å². The highest BCUT2D eigenvalue weighted by Crippen LogP contribution is 2.43. The summed E-state index contributed by atoms with van der Waals surface area (Å²) in [5.74, 6) is -0.810. The van der Waals surface area contributed by atoms with Crippen LogP contribution in [0.4, 0.5) is 0 Å². The lowest BCUT2D eigenvalue weighted by Crippen LogP contribution is -2.29. The number of hydrogen-bond donors (Lipinski definition) is 2. The van der Waals surface area contributed by atoms with E-state index in [-0.39, 0.29) is 38.6 Å². The molecule has 9 nitrogen and oxygen atoms in total. The molecule has 0 aliphatic heterocycles. The first-order valence-corrected chi connectivity index (χ1v) is 40.9. The molecule has 0 saturated carbocycles. The highest BCUT2D eigenvalue weighted by molar-refractivity contribution is 7.47. The van der Waals surface area contributed by atoms with Crippen LogP contribution in [0.3, 0.4) is 0 Å². The number of unbranched alkanes of at least 4 members (excludes halogenated alkanes) is 50. The van der Waals surface area contributed by atoms with Gasteiger partial charge in [-0.15, -0.1) is 0 Å². The van der Waals surface area contributed by atoms with Gasteiger partial charge in [0.15, 0.2) is 6.10 Å². The van der Waals surface area contributed by atoms with Gasteiger partial charge >= 0.3 is 19.8 Å². The van der Waals surface area contributed by atoms with Crippen LogP contribution in [0.1, 0.15) is 399 Å². The summed E-state index contributed by atoms with van der Waals surface area (Å²) in [5.41, 5.74) is 5.41. The molecule has 0 aromatic carbocycles. The molecule has 0 aromatic heterocycles. The summed E-state index contributed by atoms with van der Waals surface area (Å²) in [6, 6.07) is 0. The van der Waals surface area contributed by atoms with Gasteiger partial charge in [0.1, 0.15) is 6.61 Å². The molecule has 0 amide bonds. The SMILES string of the molecule is CC/C=C\C/C=C\C/C=C\C/C=C\C/C=C\C/C=C\CCCCCCCCCCCCCCCCC(=O)OC(COC(=O)CCCCCCCCCCCCCCCCCCCCCCCCCCCCCCCCCCCCCCC)COP(=O)(O)OCCN. The topological polar surface area (TPSA) is 134 Å². The highest BCUT2D eigenvalue weighted by Gasteiger charge is 2.26. The van der Waals surface area contributed by atoms with Gasteiger partial charge in [-0.25, -0.2) is 4.57 Å². The molecule has 0 aliphatic carbocycles. The summed E-state index contributed by atoms with van der Waals surface area (Å²) in [6.45, 7) is 3.70. The van der Waals surface area contributed by atoms with Gasteiger partial charge in [-0.2, -0.15) is 0 Å². The Morgan fingerprint density at radius 3 is 0.901 bits per heavy atom. The standard InChI is InChI=1S/C81H150NO8P/c1-3-5-7-9-11-13-15-17-19-21-23-25-27-29-31-33-35-37-38-39-40-42-43-45-47-49-51-53-55-57-59-61-63-65-67-69-71-73-80(83)87-77-79(78-89-91(85,86)88-76-75-82)90-81(84)74-72-70-68-66-64-62-60-58-56-54-52-50-48-46-44-41-36-34-32-30-28-26-24-22-20-18-16-14-12-10-8-6-4-2/h6,8,12,14,18,20,24,26,30,32,36,41,79H,3-5,7,9-11,13,15-17,19,21-23,25,27-29,31,33-35,37-40,42-78,82H2,1-2H3,(H,85,86)/b8-6-,14-12-,20-18-,26-24-,32-30-,41-36-. The molecule has 2 atom stereocenters. The van der Waals surface area contributed by atoms with E-state index in [2.05, 4.69) is 86.8 Å². The van der Waals surface area contributed by atoms with Crippen LogP contribution in [0.25, 0.3) is 0 Å². The quantitative estimate of drug-likeness (QED) is 0.0264. The summed E-state index contributed by atoms with van der Waals surface area (Å²) in [5, 5.41) is 0. The summed E-state index contributed by atoms with van der Waals surface area (Å²) >= 11 is 0. The molecule has 0 spiro atoms. The average Bonchev–Trinajstić information content (AvgIpc) is 3.74. The second kappa shape index (κ2) is 76.5. The van der Waals surface area contributed by atoms with Crippen LogP contribution in [0, 0.1) is 0 Å². The lowest BCUT2D eigenvalue weighted by Gasteiger charge is -2.19. The van der Waals surface area contributed by atoms with Crippen molar-refractivity contribution in [2.24, 2.45) is 5.73 Å².